The lowest BCUT2D eigenvalue weighted by molar-refractivity contribution is -0.136. The summed E-state index contributed by atoms with van der Waals surface area (Å²) in [4.78, 5) is 10.2. The van der Waals surface area contributed by atoms with Crippen LogP contribution in [0.1, 0.15) is 44.9 Å². The molecule has 0 bridgehead atoms. The van der Waals surface area contributed by atoms with Crippen LogP contribution in [0.15, 0.2) is 49.1 Å². The van der Waals surface area contributed by atoms with Crippen LogP contribution in [0.3, 0.4) is 0 Å². The van der Waals surface area contributed by atoms with Crippen molar-refractivity contribution in [3.63, 3.8) is 0 Å². The Morgan fingerprint density at radius 1 is 0.889 bits per heavy atom. The van der Waals surface area contributed by atoms with Gasteiger partial charge >= 0.3 is 5.97 Å². The fourth-order valence-electron chi connectivity index (χ4n) is 1.41. The summed E-state index contributed by atoms with van der Waals surface area (Å²) in [5, 5.41) is 8.42. The van der Waals surface area contributed by atoms with Crippen LogP contribution in [0.25, 0.3) is 0 Å². The lowest BCUT2D eigenvalue weighted by Gasteiger charge is -1.93. The summed E-state index contributed by atoms with van der Waals surface area (Å²) in [6, 6.07) is 0. The van der Waals surface area contributed by atoms with Crippen molar-refractivity contribution in [2.45, 2.75) is 44.9 Å². The van der Waals surface area contributed by atoms with E-state index >= 15 is 0 Å². The van der Waals surface area contributed by atoms with E-state index in [-0.39, 0.29) is 6.42 Å². The van der Waals surface area contributed by atoms with Crippen molar-refractivity contribution in [2.75, 3.05) is 0 Å². The Balaban J connectivity index is 3.39. The number of rotatable bonds is 11. The van der Waals surface area contributed by atoms with Crippen molar-refractivity contribution in [2.24, 2.45) is 0 Å². The molecule has 1 N–H and O–H groups in total. The zero-order valence-corrected chi connectivity index (χ0v) is 11.1. The second-order valence-corrected chi connectivity index (χ2v) is 4.10. The highest BCUT2D eigenvalue weighted by Crippen LogP contribution is 2.03. The quantitative estimate of drug-likeness (QED) is 0.328. The monoisotopic (exact) mass is 248 g/mol. The number of carbonyl (C=O) groups is 1. The lowest BCUT2D eigenvalue weighted by Crippen LogP contribution is -1.91. The second-order valence-electron chi connectivity index (χ2n) is 4.10. The van der Waals surface area contributed by atoms with Crippen LogP contribution in [0.4, 0.5) is 0 Å². The van der Waals surface area contributed by atoms with Gasteiger partial charge in [-0.2, -0.15) is 0 Å². The van der Waals surface area contributed by atoms with Gasteiger partial charge < -0.3 is 5.11 Å². The minimum absolute atomic E-state index is 0.199. The predicted molar refractivity (Wildman–Crippen MR) is 77.6 cm³/mol. The maximum Gasteiger partial charge on any atom is 0.303 e. The Kier molecular flexibility index (Phi) is 12.3. The first-order chi connectivity index (χ1) is 8.77. The number of hydrogen-bond acceptors (Lipinski definition) is 1. The van der Waals surface area contributed by atoms with E-state index in [2.05, 4.69) is 12.7 Å². The molecule has 0 aromatic rings. The summed E-state index contributed by atoms with van der Waals surface area (Å²) in [5.74, 6) is -0.750. The molecule has 0 aliphatic heterocycles. The van der Waals surface area contributed by atoms with Crippen LogP contribution in [-0.4, -0.2) is 11.1 Å². The van der Waals surface area contributed by atoms with Crippen LogP contribution in [0, 0.1) is 0 Å². The van der Waals surface area contributed by atoms with Gasteiger partial charge in [0.15, 0.2) is 0 Å². The molecule has 0 radical (unpaired) electrons. The number of carboxylic acids is 1. The van der Waals surface area contributed by atoms with Crippen LogP contribution < -0.4 is 0 Å². The van der Waals surface area contributed by atoms with Crippen LogP contribution >= 0.6 is 0 Å². The van der Waals surface area contributed by atoms with E-state index in [1.807, 2.05) is 36.5 Å². The van der Waals surface area contributed by atoms with E-state index < -0.39 is 5.97 Å². The highest BCUT2D eigenvalue weighted by Gasteiger charge is 1.90. The molecule has 0 amide bonds. The summed E-state index contributed by atoms with van der Waals surface area (Å²) in [7, 11) is 0. The van der Waals surface area contributed by atoms with Crippen LogP contribution in [0.2, 0.25) is 0 Å². The topological polar surface area (TPSA) is 37.3 Å². The van der Waals surface area contributed by atoms with Crippen molar-refractivity contribution in [1.82, 2.24) is 0 Å². The number of unbranched alkanes of at least 4 members (excludes halogenated alkanes) is 4. The smallest absolute Gasteiger partial charge is 0.303 e. The molecule has 2 nitrogen and oxygen atoms in total. The molecule has 0 aromatic carbocycles. The van der Waals surface area contributed by atoms with Gasteiger partial charge in [-0.25, -0.2) is 0 Å². The molecule has 0 heterocycles. The van der Waals surface area contributed by atoms with Gasteiger partial charge in [-0.1, -0.05) is 49.0 Å². The van der Waals surface area contributed by atoms with E-state index in [9.17, 15) is 4.79 Å². The van der Waals surface area contributed by atoms with Crippen molar-refractivity contribution in [3.05, 3.63) is 49.1 Å². The fourth-order valence-corrected chi connectivity index (χ4v) is 1.41. The summed E-state index contributed by atoms with van der Waals surface area (Å²) < 4.78 is 0. The summed E-state index contributed by atoms with van der Waals surface area (Å²) >= 11 is 0. The highest BCUT2D eigenvalue weighted by molar-refractivity contribution is 5.66. The molecule has 100 valence electrons. The minimum atomic E-state index is -0.750. The maximum atomic E-state index is 10.2. The Morgan fingerprint density at radius 2 is 1.50 bits per heavy atom. The first kappa shape index (κ1) is 16.4. The second kappa shape index (κ2) is 13.5. The minimum Gasteiger partial charge on any atom is -0.481 e. The average molecular weight is 248 g/mol. The predicted octanol–water partition coefficient (Wildman–Crippen LogP) is 4.66. The van der Waals surface area contributed by atoms with Gasteiger partial charge in [-0.3, -0.25) is 4.79 Å². The Labute approximate surface area is 110 Å². The van der Waals surface area contributed by atoms with Crippen molar-refractivity contribution >= 4 is 5.97 Å². The fraction of sp³-hybridized carbons (Fsp3) is 0.438. The number of carboxylic acid groups (broad SMARTS) is 1. The standard InChI is InChI=1S/C16H24O2/c1-2-3-4-5-6-7-8-9-10-11-12-13-14-15-16(17)18/h2,8-13H,1,3-7,14-15H2,(H,17,18)/b9-8+,11-10+,13-12+. The maximum absolute atomic E-state index is 10.2. The summed E-state index contributed by atoms with van der Waals surface area (Å²) in [6.45, 7) is 3.70. The summed E-state index contributed by atoms with van der Waals surface area (Å²) in [5.41, 5.74) is 0. The van der Waals surface area contributed by atoms with Crippen molar-refractivity contribution in [3.8, 4) is 0 Å². The molecule has 2 heteroatoms. The van der Waals surface area contributed by atoms with E-state index in [0.717, 1.165) is 12.8 Å². The van der Waals surface area contributed by atoms with Gasteiger partial charge in [0.1, 0.15) is 0 Å². The molecule has 0 atom stereocenters. The summed E-state index contributed by atoms with van der Waals surface area (Å²) in [6.07, 6.45) is 20.6. The van der Waals surface area contributed by atoms with Crippen LogP contribution in [-0.2, 0) is 4.79 Å². The first-order valence-electron chi connectivity index (χ1n) is 6.58. The highest BCUT2D eigenvalue weighted by atomic mass is 16.4. The SMILES string of the molecule is C=CCCCCC/C=C/C=C/C=C/CCC(=O)O. The van der Waals surface area contributed by atoms with Gasteiger partial charge in [-0.05, 0) is 32.1 Å². The van der Waals surface area contributed by atoms with Gasteiger partial charge in [0.2, 0.25) is 0 Å². The van der Waals surface area contributed by atoms with E-state index in [1.54, 1.807) is 0 Å². The molecule has 0 aliphatic rings. The molecular weight excluding hydrogens is 224 g/mol. The largest absolute Gasteiger partial charge is 0.481 e. The average Bonchev–Trinajstić information content (AvgIpc) is 2.34. The number of hydrogen-bond donors (Lipinski definition) is 1. The van der Waals surface area contributed by atoms with Crippen molar-refractivity contribution < 1.29 is 9.90 Å². The molecular formula is C16H24O2. The molecule has 0 saturated heterocycles. The molecule has 0 aromatic heterocycles. The van der Waals surface area contributed by atoms with Crippen molar-refractivity contribution in [1.29, 1.82) is 0 Å². The van der Waals surface area contributed by atoms with Gasteiger partial charge in [0.25, 0.3) is 0 Å². The van der Waals surface area contributed by atoms with Gasteiger partial charge in [-0.15, -0.1) is 6.58 Å². The van der Waals surface area contributed by atoms with E-state index in [4.69, 9.17) is 5.11 Å². The molecule has 0 unspecified atom stereocenters. The van der Waals surface area contributed by atoms with Gasteiger partial charge in [0.05, 0.1) is 0 Å². The van der Waals surface area contributed by atoms with E-state index in [0.29, 0.717) is 6.42 Å². The van der Waals surface area contributed by atoms with E-state index in [1.165, 1.54) is 19.3 Å². The van der Waals surface area contributed by atoms with Crippen LogP contribution in [0.5, 0.6) is 0 Å². The lowest BCUT2D eigenvalue weighted by atomic mass is 10.1. The molecule has 0 saturated carbocycles. The third kappa shape index (κ3) is 14.4. The third-order valence-electron chi connectivity index (χ3n) is 2.41. The Morgan fingerprint density at radius 3 is 2.11 bits per heavy atom. The third-order valence-corrected chi connectivity index (χ3v) is 2.41. The molecule has 0 aliphatic carbocycles. The molecule has 0 rings (SSSR count). The molecule has 0 fully saturated rings. The Bertz CT molecular complexity index is 298. The Hall–Kier alpha value is -1.57. The first-order valence-corrected chi connectivity index (χ1v) is 6.58. The van der Waals surface area contributed by atoms with Gasteiger partial charge in [0, 0.05) is 6.42 Å². The normalized spacial score (nSPS) is 11.8. The molecule has 18 heavy (non-hydrogen) atoms. The zero-order valence-electron chi connectivity index (χ0n) is 11.1. The molecule has 0 spiro atoms. The zero-order chi connectivity index (χ0) is 13.5. The number of aliphatic carboxylic acids is 1. The number of allylic oxidation sites excluding steroid dienone is 7.